The lowest BCUT2D eigenvalue weighted by Crippen LogP contribution is -2.33. The van der Waals surface area contributed by atoms with Crippen molar-refractivity contribution in [2.75, 3.05) is 37.8 Å². The Labute approximate surface area is 117 Å². The standard InChI is InChI=1S/C11H18N4O4S/c1-14(2)20(18,19)6-8-4-15(5-9(8)16)10-3-11(17)13-7-12-10/h3,7-9,16H,4-6H2,1-2H3,(H,12,13,17)/t8-,9+/m0/s1. The third-order valence-electron chi connectivity index (χ3n) is 3.38. The van der Waals surface area contributed by atoms with Crippen LogP contribution in [0.4, 0.5) is 5.82 Å². The number of rotatable bonds is 4. The molecular formula is C11H18N4O4S. The quantitative estimate of drug-likeness (QED) is 0.698. The molecule has 0 saturated carbocycles. The molecule has 20 heavy (non-hydrogen) atoms. The van der Waals surface area contributed by atoms with Crippen LogP contribution in [-0.4, -0.2) is 66.8 Å². The molecule has 1 aliphatic rings. The minimum atomic E-state index is -3.37. The molecule has 9 heteroatoms. The second-order valence-electron chi connectivity index (χ2n) is 5.06. The number of hydrogen-bond donors (Lipinski definition) is 2. The first-order chi connectivity index (χ1) is 9.29. The third-order valence-corrected chi connectivity index (χ3v) is 5.34. The predicted molar refractivity (Wildman–Crippen MR) is 74.0 cm³/mol. The molecule has 1 aromatic heterocycles. The Hall–Kier alpha value is -1.45. The number of aromatic amines is 1. The van der Waals surface area contributed by atoms with E-state index in [9.17, 15) is 18.3 Å². The molecule has 2 N–H and O–H groups in total. The van der Waals surface area contributed by atoms with Crippen molar-refractivity contribution in [1.29, 1.82) is 0 Å². The molecule has 2 heterocycles. The van der Waals surface area contributed by atoms with Crippen molar-refractivity contribution < 1.29 is 13.5 Å². The average molecular weight is 302 g/mol. The Kier molecular flexibility index (Phi) is 4.11. The fourth-order valence-electron chi connectivity index (χ4n) is 2.16. The van der Waals surface area contributed by atoms with Crippen LogP contribution in [0.25, 0.3) is 0 Å². The molecule has 0 aliphatic carbocycles. The highest BCUT2D eigenvalue weighted by atomic mass is 32.2. The third kappa shape index (κ3) is 3.17. The minimum Gasteiger partial charge on any atom is -0.391 e. The SMILES string of the molecule is CN(C)S(=O)(=O)C[C@@H]1CN(c2cc(=O)[nH]cn2)C[C@H]1O. The number of hydrogen-bond acceptors (Lipinski definition) is 6. The number of aromatic nitrogens is 2. The van der Waals surface area contributed by atoms with Crippen molar-refractivity contribution in [3.63, 3.8) is 0 Å². The summed E-state index contributed by atoms with van der Waals surface area (Å²) in [6.45, 7) is 0.620. The number of nitrogens with one attached hydrogen (secondary N) is 1. The molecule has 2 atom stereocenters. The topological polar surface area (TPSA) is 107 Å². The normalized spacial score (nSPS) is 23.5. The summed E-state index contributed by atoms with van der Waals surface area (Å²) in [5.41, 5.74) is -0.283. The molecule has 1 fully saturated rings. The van der Waals surface area contributed by atoms with E-state index in [0.717, 1.165) is 4.31 Å². The van der Waals surface area contributed by atoms with Crippen molar-refractivity contribution in [2.45, 2.75) is 6.10 Å². The maximum absolute atomic E-state index is 11.9. The van der Waals surface area contributed by atoms with Crippen LogP contribution in [-0.2, 0) is 10.0 Å². The molecule has 0 spiro atoms. The summed E-state index contributed by atoms with van der Waals surface area (Å²) < 4.78 is 24.9. The minimum absolute atomic E-state index is 0.124. The van der Waals surface area contributed by atoms with E-state index < -0.39 is 22.0 Å². The van der Waals surface area contributed by atoms with Gasteiger partial charge in [0.15, 0.2) is 0 Å². The van der Waals surface area contributed by atoms with E-state index >= 15 is 0 Å². The van der Waals surface area contributed by atoms with Crippen molar-refractivity contribution >= 4 is 15.8 Å². The zero-order valence-corrected chi connectivity index (χ0v) is 12.2. The Bertz CT molecular complexity index is 627. The van der Waals surface area contributed by atoms with Crippen LogP contribution in [0.2, 0.25) is 0 Å². The number of sulfonamides is 1. The summed E-state index contributed by atoms with van der Waals surface area (Å²) in [7, 11) is -0.440. The molecule has 1 aromatic rings. The first-order valence-corrected chi connectivity index (χ1v) is 7.78. The van der Waals surface area contributed by atoms with Crippen LogP contribution < -0.4 is 10.5 Å². The average Bonchev–Trinajstić information content (AvgIpc) is 2.70. The second kappa shape index (κ2) is 5.51. The Balaban J connectivity index is 2.12. The summed E-state index contributed by atoms with van der Waals surface area (Å²) in [5, 5.41) is 10.00. The van der Waals surface area contributed by atoms with Crippen LogP contribution in [0, 0.1) is 5.92 Å². The van der Waals surface area contributed by atoms with E-state index in [4.69, 9.17) is 0 Å². The fraction of sp³-hybridized carbons (Fsp3) is 0.636. The molecule has 0 unspecified atom stereocenters. The highest BCUT2D eigenvalue weighted by Crippen LogP contribution is 2.23. The van der Waals surface area contributed by atoms with E-state index in [0.29, 0.717) is 12.4 Å². The lowest BCUT2D eigenvalue weighted by atomic mass is 10.1. The van der Waals surface area contributed by atoms with Crippen molar-refractivity contribution in [3.05, 3.63) is 22.7 Å². The highest BCUT2D eigenvalue weighted by molar-refractivity contribution is 7.89. The van der Waals surface area contributed by atoms with E-state index in [2.05, 4.69) is 9.97 Å². The van der Waals surface area contributed by atoms with Gasteiger partial charge in [-0.2, -0.15) is 0 Å². The number of aliphatic hydroxyl groups excluding tert-OH is 1. The molecule has 8 nitrogen and oxygen atoms in total. The van der Waals surface area contributed by atoms with Crippen molar-refractivity contribution in [2.24, 2.45) is 5.92 Å². The van der Waals surface area contributed by atoms with Gasteiger partial charge in [0.05, 0.1) is 18.2 Å². The van der Waals surface area contributed by atoms with Gasteiger partial charge in [0.1, 0.15) is 5.82 Å². The molecule has 112 valence electrons. The zero-order chi connectivity index (χ0) is 14.9. The zero-order valence-electron chi connectivity index (χ0n) is 11.4. The van der Waals surface area contributed by atoms with Gasteiger partial charge < -0.3 is 15.0 Å². The molecule has 0 radical (unpaired) electrons. The molecule has 0 bridgehead atoms. The van der Waals surface area contributed by atoms with Gasteiger partial charge in [-0.25, -0.2) is 17.7 Å². The summed E-state index contributed by atoms with van der Waals surface area (Å²) in [5.74, 6) is -0.0815. The lowest BCUT2D eigenvalue weighted by molar-refractivity contribution is 0.157. The summed E-state index contributed by atoms with van der Waals surface area (Å²) in [4.78, 5) is 19.4. The Morgan fingerprint density at radius 1 is 1.50 bits per heavy atom. The first-order valence-electron chi connectivity index (χ1n) is 6.17. The van der Waals surface area contributed by atoms with Crippen molar-refractivity contribution in [3.8, 4) is 0 Å². The van der Waals surface area contributed by atoms with Crippen LogP contribution in [0.3, 0.4) is 0 Å². The monoisotopic (exact) mass is 302 g/mol. The van der Waals surface area contributed by atoms with Crippen LogP contribution in [0.5, 0.6) is 0 Å². The van der Waals surface area contributed by atoms with Crippen LogP contribution in [0.1, 0.15) is 0 Å². The number of nitrogens with zero attached hydrogens (tertiary/aromatic N) is 3. The van der Waals surface area contributed by atoms with Gasteiger partial charge in [0.25, 0.3) is 5.56 Å². The number of aliphatic hydroxyl groups is 1. The van der Waals surface area contributed by atoms with Gasteiger partial charge in [-0.15, -0.1) is 0 Å². The van der Waals surface area contributed by atoms with Gasteiger partial charge >= 0.3 is 0 Å². The first kappa shape index (κ1) is 14.9. The largest absolute Gasteiger partial charge is 0.391 e. The van der Waals surface area contributed by atoms with E-state index in [1.54, 1.807) is 4.90 Å². The molecule has 1 saturated heterocycles. The van der Waals surface area contributed by atoms with Gasteiger partial charge in [0.2, 0.25) is 10.0 Å². The predicted octanol–water partition coefficient (Wildman–Crippen LogP) is -1.54. The highest BCUT2D eigenvalue weighted by Gasteiger charge is 2.35. The second-order valence-corrected chi connectivity index (χ2v) is 7.29. The molecule has 0 amide bonds. The Morgan fingerprint density at radius 2 is 2.20 bits per heavy atom. The maximum atomic E-state index is 11.9. The number of β-amino-alcohol motifs (C(OH)–C–C–N with tert-alkyl or cyclic N) is 1. The molecule has 0 aromatic carbocycles. The van der Waals surface area contributed by atoms with Gasteiger partial charge in [-0.1, -0.05) is 0 Å². The summed E-state index contributed by atoms with van der Waals surface area (Å²) in [6, 6.07) is 1.33. The van der Waals surface area contributed by atoms with Crippen LogP contribution in [0.15, 0.2) is 17.2 Å². The number of H-pyrrole nitrogens is 1. The van der Waals surface area contributed by atoms with Gasteiger partial charge in [0, 0.05) is 39.2 Å². The Morgan fingerprint density at radius 3 is 2.80 bits per heavy atom. The lowest BCUT2D eigenvalue weighted by Gasteiger charge is -2.18. The molecular weight excluding hydrogens is 284 g/mol. The van der Waals surface area contributed by atoms with Gasteiger partial charge in [-0.3, -0.25) is 4.79 Å². The van der Waals surface area contributed by atoms with E-state index in [1.165, 1.54) is 26.5 Å². The fourth-order valence-corrected chi connectivity index (χ4v) is 3.32. The van der Waals surface area contributed by atoms with E-state index in [1.807, 2.05) is 0 Å². The summed E-state index contributed by atoms with van der Waals surface area (Å²) in [6.07, 6.45) is 0.527. The molecule has 2 rings (SSSR count). The van der Waals surface area contributed by atoms with Gasteiger partial charge in [-0.05, 0) is 0 Å². The summed E-state index contributed by atoms with van der Waals surface area (Å²) >= 11 is 0. The molecule has 1 aliphatic heterocycles. The maximum Gasteiger partial charge on any atom is 0.252 e. The smallest absolute Gasteiger partial charge is 0.252 e. The van der Waals surface area contributed by atoms with Crippen LogP contribution >= 0.6 is 0 Å². The van der Waals surface area contributed by atoms with Crippen molar-refractivity contribution in [1.82, 2.24) is 14.3 Å². The number of anilines is 1. The van der Waals surface area contributed by atoms with E-state index in [-0.39, 0.29) is 17.9 Å².